The summed E-state index contributed by atoms with van der Waals surface area (Å²) in [4.78, 5) is 0. The summed E-state index contributed by atoms with van der Waals surface area (Å²) in [6.45, 7) is 5.24. The summed E-state index contributed by atoms with van der Waals surface area (Å²) in [5.74, 6) is 0. The quantitative estimate of drug-likeness (QED) is 0.836. The summed E-state index contributed by atoms with van der Waals surface area (Å²) in [7, 11) is 1.99. The van der Waals surface area contributed by atoms with Crippen LogP contribution in [-0.4, -0.2) is 16.3 Å². The van der Waals surface area contributed by atoms with Gasteiger partial charge in [-0.15, -0.1) is 0 Å². The Labute approximate surface area is 132 Å². The highest BCUT2D eigenvalue weighted by atomic mass is 35.5. The summed E-state index contributed by atoms with van der Waals surface area (Å²) < 4.78 is 1.94. The molecule has 0 fully saturated rings. The van der Waals surface area contributed by atoms with E-state index in [1.54, 1.807) is 0 Å². The van der Waals surface area contributed by atoms with Crippen molar-refractivity contribution in [3.05, 3.63) is 52.3 Å². The zero-order valence-corrected chi connectivity index (χ0v) is 13.8. The number of nitrogens with one attached hydrogen (secondary N) is 1. The first-order valence-corrected chi connectivity index (χ1v) is 7.96. The molecule has 4 heteroatoms. The number of halogens is 1. The number of nitrogens with zero attached hydrogens (tertiary/aromatic N) is 2. The van der Waals surface area contributed by atoms with Crippen LogP contribution in [0.25, 0.3) is 0 Å². The van der Waals surface area contributed by atoms with Gasteiger partial charge in [0.2, 0.25) is 0 Å². The minimum atomic E-state index is 0.284. The van der Waals surface area contributed by atoms with Crippen molar-refractivity contribution in [3.8, 4) is 0 Å². The van der Waals surface area contributed by atoms with Gasteiger partial charge in [-0.3, -0.25) is 4.68 Å². The van der Waals surface area contributed by atoms with Crippen LogP contribution in [0.5, 0.6) is 0 Å². The highest BCUT2D eigenvalue weighted by Crippen LogP contribution is 2.29. The molecule has 0 bridgehead atoms. The van der Waals surface area contributed by atoms with Crippen LogP contribution in [0.4, 0.5) is 0 Å². The number of hydrogen-bond acceptors (Lipinski definition) is 2. The third-order valence-electron chi connectivity index (χ3n) is 3.85. The third-order valence-corrected chi connectivity index (χ3v) is 4.37. The number of aromatic nitrogens is 2. The molecule has 3 nitrogen and oxygen atoms in total. The number of hydrogen-bond donors (Lipinski definition) is 1. The third kappa shape index (κ3) is 4.08. The Hall–Kier alpha value is -1.32. The van der Waals surface area contributed by atoms with Crippen LogP contribution in [0.3, 0.4) is 0 Å². The van der Waals surface area contributed by atoms with Gasteiger partial charge < -0.3 is 5.32 Å². The van der Waals surface area contributed by atoms with E-state index in [1.165, 1.54) is 11.3 Å². The van der Waals surface area contributed by atoms with Gasteiger partial charge in [0.1, 0.15) is 0 Å². The van der Waals surface area contributed by atoms with Gasteiger partial charge in [0.25, 0.3) is 0 Å². The Morgan fingerprint density at radius 1 is 1.33 bits per heavy atom. The van der Waals surface area contributed by atoms with E-state index in [0.29, 0.717) is 0 Å². The van der Waals surface area contributed by atoms with Crippen LogP contribution in [0, 0.1) is 6.92 Å². The SMILES string of the molecule is CCCNC(CCc1ccnn1C)c1cccc(C)c1Cl. The topological polar surface area (TPSA) is 29.9 Å². The molecule has 0 aliphatic carbocycles. The van der Waals surface area contributed by atoms with Crippen LogP contribution in [0.15, 0.2) is 30.5 Å². The van der Waals surface area contributed by atoms with Crippen molar-refractivity contribution in [2.24, 2.45) is 7.05 Å². The van der Waals surface area contributed by atoms with Crippen molar-refractivity contribution in [2.45, 2.75) is 39.2 Å². The van der Waals surface area contributed by atoms with Gasteiger partial charge in [0, 0.05) is 30.0 Å². The van der Waals surface area contributed by atoms with Gasteiger partial charge in [-0.2, -0.15) is 5.10 Å². The molecule has 0 saturated heterocycles. The van der Waals surface area contributed by atoms with Crippen molar-refractivity contribution in [2.75, 3.05) is 6.54 Å². The first kappa shape index (κ1) is 16.1. The summed E-state index contributed by atoms with van der Waals surface area (Å²) in [6.07, 6.45) is 4.97. The minimum Gasteiger partial charge on any atom is -0.310 e. The number of benzene rings is 1. The molecule has 0 aliphatic rings. The molecule has 1 unspecified atom stereocenters. The minimum absolute atomic E-state index is 0.284. The Morgan fingerprint density at radius 3 is 2.81 bits per heavy atom. The first-order valence-electron chi connectivity index (χ1n) is 7.58. The lowest BCUT2D eigenvalue weighted by Gasteiger charge is -2.21. The normalized spacial score (nSPS) is 12.6. The Kier molecular flexibility index (Phi) is 5.83. The van der Waals surface area contributed by atoms with Crippen LogP contribution in [0.1, 0.15) is 42.6 Å². The fraction of sp³-hybridized carbons (Fsp3) is 0.471. The van der Waals surface area contributed by atoms with Crippen molar-refractivity contribution in [1.82, 2.24) is 15.1 Å². The van der Waals surface area contributed by atoms with Gasteiger partial charge in [-0.25, -0.2) is 0 Å². The second-order valence-corrected chi connectivity index (χ2v) is 5.85. The fourth-order valence-electron chi connectivity index (χ4n) is 2.56. The molecule has 2 aromatic rings. The molecule has 1 aromatic carbocycles. The molecule has 0 saturated carbocycles. The molecule has 1 N–H and O–H groups in total. The predicted octanol–water partition coefficient (Wildman–Crippen LogP) is 4.06. The molecule has 1 atom stereocenters. The molecular weight excluding hydrogens is 282 g/mol. The lowest BCUT2D eigenvalue weighted by Crippen LogP contribution is -2.23. The smallest absolute Gasteiger partial charge is 0.0492 e. The van der Waals surface area contributed by atoms with Crippen molar-refractivity contribution < 1.29 is 0 Å². The van der Waals surface area contributed by atoms with E-state index >= 15 is 0 Å². The van der Waals surface area contributed by atoms with Crippen molar-refractivity contribution in [3.63, 3.8) is 0 Å². The molecule has 2 rings (SSSR count). The molecule has 114 valence electrons. The first-order chi connectivity index (χ1) is 10.1. The zero-order valence-electron chi connectivity index (χ0n) is 13.1. The highest BCUT2D eigenvalue weighted by molar-refractivity contribution is 6.32. The second kappa shape index (κ2) is 7.62. The van der Waals surface area contributed by atoms with E-state index in [-0.39, 0.29) is 6.04 Å². The van der Waals surface area contributed by atoms with Crippen molar-refractivity contribution in [1.29, 1.82) is 0 Å². The fourth-order valence-corrected chi connectivity index (χ4v) is 2.82. The maximum absolute atomic E-state index is 6.50. The Balaban J connectivity index is 2.14. The van der Waals surface area contributed by atoms with Gasteiger partial charge in [0.15, 0.2) is 0 Å². The molecule has 0 aliphatic heterocycles. The zero-order chi connectivity index (χ0) is 15.2. The summed E-state index contributed by atoms with van der Waals surface area (Å²) >= 11 is 6.50. The van der Waals surface area contributed by atoms with E-state index in [4.69, 9.17) is 11.6 Å². The van der Waals surface area contributed by atoms with Gasteiger partial charge in [-0.1, -0.05) is 36.7 Å². The molecule has 1 heterocycles. The Morgan fingerprint density at radius 2 is 2.14 bits per heavy atom. The summed E-state index contributed by atoms with van der Waals surface area (Å²) in [5.41, 5.74) is 3.59. The average Bonchev–Trinajstić information content (AvgIpc) is 2.88. The maximum atomic E-state index is 6.50. The van der Waals surface area contributed by atoms with E-state index in [1.807, 2.05) is 17.9 Å². The van der Waals surface area contributed by atoms with Gasteiger partial charge >= 0.3 is 0 Å². The largest absolute Gasteiger partial charge is 0.310 e. The number of rotatable bonds is 7. The number of aryl methyl sites for hydroxylation is 3. The van der Waals surface area contributed by atoms with Gasteiger partial charge in [-0.05, 0) is 49.9 Å². The second-order valence-electron chi connectivity index (χ2n) is 5.47. The lowest BCUT2D eigenvalue weighted by molar-refractivity contribution is 0.491. The molecule has 0 radical (unpaired) electrons. The summed E-state index contributed by atoms with van der Waals surface area (Å²) in [5, 5.41) is 8.74. The summed E-state index contributed by atoms with van der Waals surface area (Å²) in [6, 6.07) is 8.64. The molecule has 21 heavy (non-hydrogen) atoms. The average molecular weight is 306 g/mol. The van der Waals surface area contributed by atoms with Crippen LogP contribution >= 0.6 is 11.6 Å². The predicted molar refractivity (Wildman–Crippen MR) is 88.8 cm³/mol. The molecule has 1 aromatic heterocycles. The Bertz CT molecular complexity index is 577. The standard InChI is InChI=1S/C17H24ClN3/c1-4-11-19-16(9-8-14-10-12-20-21(14)3)15-7-5-6-13(2)17(15)18/h5-7,10,12,16,19H,4,8-9,11H2,1-3H3. The van der Waals surface area contributed by atoms with E-state index < -0.39 is 0 Å². The van der Waals surface area contributed by atoms with E-state index in [0.717, 1.165) is 36.4 Å². The molecular formula is C17H24ClN3. The van der Waals surface area contributed by atoms with Crippen LogP contribution in [-0.2, 0) is 13.5 Å². The lowest BCUT2D eigenvalue weighted by atomic mass is 9.99. The van der Waals surface area contributed by atoms with E-state index in [2.05, 4.69) is 48.5 Å². The van der Waals surface area contributed by atoms with Gasteiger partial charge in [0.05, 0.1) is 0 Å². The molecule has 0 amide bonds. The van der Waals surface area contributed by atoms with Crippen LogP contribution < -0.4 is 5.32 Å². The monoisotopic (exact) mass is 305 g/mol. The van der Waals surface area contributed by atoms with Crippen LogP contribution in [0.2, 0.25) is 5.02 Å². The maximum Gasteiger partial charge on any atom is 0.0492 e. The van der Waals surface area contributed by atoms with Crippen molar-refractivity contribution >= 4 is 11.6 Å². The molecule has 0 spiro atoms. The van der Waals surface area contributed by atoms with E-state index in [9.17, 15) is 0 Å². The highest BCUT2D eigenvalue weighted by Gasteiger charge is 2.15.